The van der Waals surface area contributed by atoms with Crippen LogP contribution in [0.5, 0.6) is 0 Å². The summed E-state index contributed by atoms with van der Waals surface area (Å²) in [4.78, 5) is 16.2. The molecule has 0 saturated carbocycles. The minimum atomic E-state index is -2.70. The fourth-order valence-electron chi connectivity index (χ4n) is 7.42. The van der Waals surface area contributed by atoms with Gasteiger partial charge in [-0.05, 0) is 83.7 Å². The molecule has 1 amide bonds. The summed E-state index contributed by atoms with van der Waals surface area (Å²) in [6, 6.07) is 28.3. The van der Waals surface area contributed by atoms with Crippen molar-refractivity contribution in [3.63, 3.8) is 0 Å². The zero-order valence-corrected chi connectivity index (χ0v) is 24.7. The third-order valence-corrected chi connectivity index (χ3v) is 14.4. The topological polar surface area (TPSA) is 41.6 Å². The molecule has 0 spiro atoms. The van der Waals surface area contributed by atoms with Crippen molar-refractivity contribution in [1.29, 1.82) is 0 Å². The summed E-state index contributed by atoms with van der Waals surface area (Å²) in [5.41, 5.74) is 3.24. The standard InChI is InChI=1S/C34H42N2O2Si/c1-34(2,3)39(26-12-6-4-7-13-26,27-14-8-5-9-15-27)38-32-19-11-16-28-29(32)17-10-18-30(28)33(37)35-31-24-36-22-20-25(31)21-23-36/h4-10,12-15,17-18,25,31-32H,11,16,19-24H2,1-3H3,(H,35,37)/t31-,32?/m1/s1. The number of carbonyl (C=O) groups excluding carboxylic acids is 1. The number of amides is 1. The Balaban J connectivity index is 1.36. The van der Waals surface area contributed by atoms with Crippen molar-refractivity contribution in [1.82, 2.24) is 10.2 Å². The van der Waals surface area contributed by atoms with Crippen LogP contribution in [0.2, 0.25) is 5.04 Å². The van der Waals surface area contributed by atoms with Crippen LogP contribution in [0.1, 0.15) is 74.0 Å². The van der Waals surface area contributed by atoms with Crippen molar-refractivity contribution in [2.24, 2.45) is 5.92 Å². The summed E-state index contributed by atoms with van der Waals surface area (Å²) >= 11 is 0. The van der Waals surface area contributed by atoms with E-state index in [1.165, 1.54) is 47.4 Å². The first-order chi connectivity index (χ1) is 18.9. The summed E-state index contributed by atoms with van der Waals surface area (Å²) in [6.07, 6.45) is 5.30. The quantitative estimate of drug-likeness (QED) is 0.424. The Kier molecular flexibility index (Phi) is 7.25. The van der Waals surface area contributed by atoms with Gasteiger partial charge in [0.05, 0.1) is 6.10 Å². The van der Waals surface area contributed by atoms with Crippen molar-refractivity contribution in [2.75, 3.05) is 19.6 Å². The van der Waals surface area contributed by atoms with Gasteiger partial charge in [-0.25, -0.2) is 0 Å². The smallest absolute Gasteiger partial charge is 0.261 e. The van der Waals surface area contributed by atoms with Gasteiger partial charge in [-0.1, -0.05) is 93.6 Å². The predicted octanol–water partition coefficient (Wildman–Crippen LogP) is 5.46. The van der Waals surface area contributed by atoms with Crippen molar-refractivity contribution in [3.05, 3.63) is 95.6 Å². The molecule has 3 fully saturated rings. The Morgan fingerprint density at radius 2 is 1.51 bits per heavy atom. The molecule has 4 aliphatic rings. The number of nitrogens with one attached hydrogen (secondary N) is 1. The molecule has 3 aromatic rings. The molecule has 2 bridgehead atoms. The molecule has 3 aliphatic heterocycles. The number of hydrogen-bond acceptors (Lipinski definition) is 3. The molecule has 4 nitrogen and oxygen atoms in total. The third kappa shape index (κ3) is 4.90. The molecule has 3 heterocycles. The first-order valence-corrected chi connectivity index (χ1v) is 16.7. The lowest BCUT2D eigenvalue weighted by Gasteiger charge is -2.46. The van der Waals surface area contributed by atoms with E-state index in [1.807, 2.05) is 6.07 Å². The highest BCUT2D eigenvalue weighted by Gasteiger charge is 2.52. The molecule has 2 atom stereocenters. The Hall–Kier alpha value is -2.73. The van der Waals surface area contributed by atoms with Gasteiger partial charge >= 0.3 is 0 Å². The molecule has 3 saturated heterocycles. The number of benzene rings is 3. The van der Waals surface area contributed by atoms with Crippen molar-refractivity contribution in [2.45, 2.75) is 70.1 Å². The fourth-order valence-corrected chi connectivity index (χ4v) is 12.1. The van der Waals surface area contributed by atoms with Gasteiger partial charge in [0.15, 0.2) is 0 Å². The van der Waals surface area contributed by atoms with Crippen molar-refractivity contribution >= 4 is 24.6 Å². The minimum Gasteiger partial charge on any atom is -0.400 e. The molecule has 1 unspecified atom stereocenters. The second kappa shape index (κ2) is 10.7. The number of piperidine rings is 3. The van der Waals surface area contributed by atoms with Crippen LogP contribution in [0, 0.1) is 5.92 Å². The van der Waals surface area contributed by atoms with Gasteiger partial charge in [0.1, 0.15) is 0 Å². The molecule has 39 heavy (non-hydrogen) atoms. The molecular weight excluding hydrogens is 496 g/mol. The van der Waals surface area contributed by atoms with Crippen LogP contribution in [0.15, 0.2) is 78.9 Å². The number of fused-ring (bicyclic) bond motifs is 4. The van der Waals surface area contributed by atoms with Crippen LogP contribution in [0.3, 0.4) is 0 Å². The summed E-state index contributed by atoms with van der Waals surface area (Å²) in [6.45, 7) is 10.4. The predicted molar refractivity (Wildman–Crippen MR) is 161 cm³/mol. The second-order valence-electron chi connectivity index (χ2n) is 12.8. The van der Waals surface area contributed by atoms with E-state index in [0.717, 1.165) is 31.4 Å². The van der Waals surface area contributed by atoms with E-state index in [9.17, 15) is 4.79 Å². The second-order valence-corrected chi connectivity index (χ2v) is 17.0. The maximum atomic E-state index is 13.7. The SMILES string of the molecule is CC(C)(C)[Si](OC1CCCc2c(C(=O)N[C@@H]3CN4CCC3CC4)cccc21)(c1ccccc1)c1ccccc1. The molecule has 1 aliphatic carbocycles. The van der Waals surface area contributed by atoms with Gasteiger partial charge in [-0.2, -0.15) is 0 Å². The van der Waals surface area contributed by atoms with Crippen LogP contribution in [0.25, 0.3) is 0 Å². The Labute approximate surface area is 234 Å². The van der Waals surface area contributed by atoms with E-state index in [4.69, 9.17) is 4.43 Å². The Morgan fingerprint density at radius 1 is 0.872 bits per heavy atom. The first kappa shape index (κ1) is 26.5. The van der Waals surface area contributed by atoms with Crippen LogP contribution in [0.4, 0.5) is 0 Å². The lowest BCUT2D eigenvalue weighted by Crippen LogP contribution is -2.67. The molecule has 0 radical (unpaired) electrons. The van der Waals surface area contributed by atoms with Gasteiger partial charge in [-0.3, -0.25) is 4.79 Å². The maximum absolute atomic E-state index is 13.7. The minimum absolute atomic E-state index is 0.0374. The average Bonchev–Trinajstić information content (AvgIpc) is 2.96. The van der Waals surface area contributed by atoms with E-state index in [1.54, 1.807) is 0 Å². The Bertz CT molecular complexity index is 1260. The summed E-state index contributed by atoms with van der Waals surface area (Å²) < 4.78 is 7.57. The van der Waals surface area contributed by atoms with Crippen LogP contribution in [-0.2, 0) is 10.8 Å². The lowest BCUT2D eigenvalue weighted by atomic mass is 9.83. The summed E-state index contributed by atoms with van der Waals surface area (Å²) in [7, 11) is -2.70. The van der Waals surface area contributed by atoms with E-state index in [-0.39, 0.29) is 23.1 Å². The van der Waals surface area contributed by atoms with Crippen molar-refractivity contribution < 1.29 is 9.22 Å². The van der Waals surface area contributed by atoms with Gasteiger partial charge in [0, 0.05) is 18.2 Å². The van der Waals surface area contributed by atoms with Crippen LogP contribution < -0.4 is 15.7 Å². The zero-order chi connectivity index (χ0) is 27.0. The number of hydrogen-bond donors (Lipinski definition) is 1. The normalized spacial score (nSPS) is 24.7. The van der Waals surface area contributed by atoms with E-state index >= 15 is 0 Å². The summed E-state index contributed by atoms with van der Waals surface area (Å²) in [5.74, 6) is 0.710. The van der Waals surface area contributed by atoms with Gasteiger partial charge < -0.3 is 14.6 Å². The van der Waals surface area contributed by atoms with Crippen LogP contribution >= 0.6 is 0 Å². The highest BCUT2D eigenvalue weighted by atomic mass is 28.4. The molecule has 1 N–H and O–H groups in total. The van der Waals surface area contributed by atoms with E-state index in [0.29, 0.717) is 5.92 Å². The molecule has 0 aromatic heterocycles. The molecule has 7 rings (SSSR count). The van der Waals surface area contributed by atoms with Gasteiger partial charge in [0.25, 0.3) is 14.2 Å². The molecule has 5 heteroatoms. The first-order valence-electron chi connectivity index (χ1n) is 14.8. The summed E-state index contributed by atoms with van der Waals surface area (Å²) in [5, 5.41) is 5.95. The number of nitrogens with zero attached hydrogens (tertiary/aromatic N) is 1. The van der Waals surface area contributed by atoms with Crippen LogP contribution in [-0.4, -0.2) is 44.8 Å². The molecular formula is C34H42N2O2Si. The third-order valence-electron chi connectivity index (χ3n) is 9.41. The lowest BCUT2D eigenvalue weighted by molar-refractivity contribution is 0.0619. The number of rotatable bonds is 6. The zero-order valence-electron chi connectivity index (χ0n) is 23.7. The highest BCUT2D eigenvalue weighted by Crippen LogP contribution is 2.43. The average molecular weight is 539 g/mol. The van der Waals surface area contributed by atoms with Gasteiger partial charge in [-0.15, -0.1) is 0 Å². The molecule has 3 aromatic carbocycles. The van der Waals surface area contributed by atoms with Gasteiger partial charge in [0.2, 0.25) is 0 Å². The van der Waals surface area contributed by atoms with E-state index in [2.05, 4.69) is 104 Å². The van der Waals surface area contributed by atoms with E-state index < -0.39 is 8.32 Å². The fraction of sp³-hybridized carbons (Fsp3) is 0.441. The largest absolute Gasteiger partial charge is 0.400 e. The van der Waals surface area contributed by atoms with Crippen molar-refractivity contribution in [3.8, 4) is 0 Å². The maximum Gasteiger partial charge on any atom is 0.261 e. The number of carbonyl (C=O) groups is 1. The highest BCUT2D eigenvalue weighted by molar-refractivity contribution is 6.99. The monoisotopic (exact) mass is 538 g/mol. The molecule has 204 valence electrons. The Morgan fingerprint density at radius 3 is 2.08 bits per heavy atom.